The van der Waals surface area contributed by atoms with Crippen LogP contribution >= 0.6 is 11.3 Å². The van der Waals surface area contributed by atoms with Gasteiger partial charge in [0.2, 0.25) is 5.91 Å². The van der Waals surface area contributed by atoms with Gasteiger partial charge in [0.05, 0.1) is 28.0 Å². The molecule has 0 bridgehead atoms. The fourth-order valence-electron chi connectivity index (χ4n) is 2.53. The van der Waals surface area contributed by atoms with Gasteiger partial charge in [0.15, 0.2) is 15.0 Å². The number of rotatable bonds is 7. The molecule has 0 saturated heterocycles. The van der Waals surface area contributed by atoms with Crippen molar-refractivity contribution in [1.29, 1.82) is 5.26 Å². The highest BCUT2D eigenvalue weighted by Gasteiger charge is 2.15. The minimum Gasteiger partial charge on any atom is -0.302 e. The molecule has 0 radical (unpaired) electrons. The van der Waals surface area contributed by atoms with E-state index in [-0.39, 0.29) is 29.4 Å². The van der Waals surface area contributed by atoms with Crippen LogP contribution in [-0.2, 0) is 14.6 Å². The lowest BCUT2D eigenvalue weighted by Crippen LogP contribution is -2.14. The summed E-state index contributed by atoms with van der Waals surface area (Å²) in [4.78, 5) is 16.7. The SMILES string of the molecule is N#Cc1ccc(-c2csc(NC(=O)CCCS(=O)(=O)c3ccccc3)n2)cc1. The lowest BCUT2D eigenvalue weighted by molar-refractivity contribution is -0.116. The van der Waals surface area contributed by atoms with Gasteiger partial charge in [0.1, 0.15) is 0 Å². The number of aromatic nitrogens is 1. The van der Waals surface area contributed by atoms with E-state index in [4.69, 9.17) is 5.26 Å². The number of nitrogens with zero attached hydrogens (tertiary/aromatic N) is 2. The summed E-state index contributed by atoms with van der Waals surface area (Å²) in [7, 11) is -3.38. The molecule has 0 aliphatic heterocycles. The largest absolute Gasteiger partial charge is 0.302 e. The smallest absolute Gasteiger partial charge is 0.226 e. The van der Waals surface area contributed by atoms with Crippen LogP contribution in [0.5, 0.6) is 0 Å². The Balaban J connectivity index is 1.53. The highest BCUT2D eigenvalue weighted by Crippen LogP contribution is 2.25. The van der Waals surface area contributed by atoms with Crippen molar-refractivity contribution in [3.63, 3.8) is 0 Å². The molecule has 0 fully saturated rings. The summed E-state index contributed by atoms with van der Waals surface area (Å²) in [6, 6.07) is 17.3. The van der Waals surface area contributed by atoms with Gasteiger partial charge in [-0.2, -0.15) is 5.26 Å². The Morgan fingerprint density at radius 1 is 1.11 bits per heavy atom. The number of sulfone groups is 1. The summed E-state index contributed by atoms with van der Waals surface area (Å²) in [6.07, 6.45) is 0.328. The first kappa shape index (κ1) is 19.7. The van der Waals surface area contributed by atoms with E-state index in [1.165, 1.54) is 11.3 Å². The van der Waals surface area contributed by atoms with Crippen molar-refractivity contribution in [3.8, 4) is 17.3 Å². The van der Waals surface area contributed by atoms with Crippen molar-refractivity contribution in [2.75, 3.05) is 11.1 Å². The van der Waals surface area contributed by atoms with Gasteiger partial charge in [0.25, 0.3) is 0 Å². The number of carbonyl (C=O) groups excluding carboxylic acids is 1. The molecule has 0 spiro atoms. The maximum absolute atomic E-state index is 12.2. The molecule has 28 heavy (non-hydrogen) atoms. The van der Waals surface area contributed by atoms with Crippen molar-refractivity contribution in [1.82, 2.24) is 4.98 Å². The van der Waals surface area contributed by atoms with Crippen molar-refractivity contribution in [3.05, 3.63) is 65.5 Å². The second-order valence-electron chi connectivity index (χ2n) is 6.01. The summed E-state index contributed by atoms with van der Waals surface area (Å²) in [5.41, 5.74) is 2.12. The molecule has 142 valence electrons. The zero-order valence-electron chi connectivity index (χ0n) is 14.8. The lowest BCUT2D eigenvalue weighted by atomic mass is 10.1. The summed E-state index contributed by atoms with van der Waals surface area (Å²) in [5.74, 6) is -0.359. The Labute approximate surface area is 167 Å². The van der Waals surface area contributed by atoms with E-state index in [0.717, 1.165) is 5.56 Å². The number of benzene rings is 2. The molecular formula is C20H17N3O3S2. The van der Waals surface area contributed by atoms with Crippen LogP contribution in [0, 0.1) is 11.3 Å². The zero-order valence-corrected chi connectivity index (χ0v) is 16.5. The third kappa shape index (κ3) is 5.03. The third-order valence-electron chi connectivity index (χ3n) is 3.98. The normalized spacial score (nSPS) is 11.0. The van der Waals surface area contributed by atoms with Crippen molar-refractivity contribution in [2.24, 2.45) is 0 Å². The van der Waals surface area contributed by atoms with E-state index in [0.29, 0.717) is 16.4 Å². The quantitative estimate of drug-likeness (QED) is 0.636. The molecule has 3 aromatic rings. The van der Waals surface area contributed by atoms with Gasteiger partial charge in [-0.1, -0.05) is 30.3 Å². The molecule has 6 nitrogen and oxygen atoms in total. The van der Waals surface area contributed by atoms with Gasteiger partial charge in [-0.15, -0.1) is 11.3 Å². The number of hydrogen-bond donors (Lipinski definition) is 1. The first-order chi connectivity index (χ1) is 13.5. The van der Waals surface area contributed by atoms with Crippen LogP contribution in [0.25, 0.3) is 11.3 Å². The summed E-state index contributed by atoms with van der Waals surface area (Å²) >= 11 is 1.29. The predicted molar refractivity (Wildman–Crippen MR) is 109 cm³/mol. The molecule has 3 rings (SSSR count). The van der Waals surface area contributed by atoms with E-state index >= 15 is 0 Å². The number of nitrogens with one attached hydrogen (secondary N) is 1. The summed E-state index contributed by atoms with van der Waals surface area (Å²) < 4.78 is 24.4. The van der Waals surface area contributed by atoms with Crippen LogP contribution in [0.2, 0.25) is 0 Å². The van der Waals surface area contributed by atoms with Crippen molar-refractivity contribution in [2.45, 2.75) is 17.7 Å². The number of carbonyl (C=O) groups is 1. The Morgan fingerprint density at radius 3 is 2.50 bits per heavy atom. The van der Waals surface area contributed by atoms with Crippen LogP contribution in [0.15, 0.2) is 64.9 Å². The van der Waals surface area contributed by atoms with Crippen LogP contribution in [-0.4, -0.2) is 25.1 Å². The lowest BCUT2D eigenvalue weighted by Gasteiger charge is -2.04. The first-order valence-electron chi connectivity index (χ1n) is 8.52. The molecule has 0 atom stereocenters. The van der Waals surface area contributed by atoms with Gasteiger partial charge >= 0.3 is 0 Å². The van der Waals surface area contributed by atoms with Crippen molar-refractivity contribution < 1.29 is 13.2 Å². The van der Waals surface area contributed by atoms with Crippen molar-refractivity contribution >= 4 is 32.2 Å². The molecule has 1 heterocycles. The summed E-state index contributed by atoms with van der Waals surface area (Å²) in [6.45, 7) is 0. The number of thiazole rings is 1. The summed E-state index contributed by atoms with van der Waals surface area (Å²) in [5, 5.41) is 13.8. The van der Waals surface area contributed by atoms with Gasteiger partial charge in [-0.05, 0) is 30.7 Å². The molecule has 0 aliphatic carbocycles. The van der Waals surface area contributed by atoms with E-state index in [2.05, 4.69) is 16.4 Å². The fourth-order valence-corrected chi connectivity index (χ4v) is 4.60. The number of hydrogen-bond acceptors (Lipinski definition) is 6. The maximum atomic E-state index is 12.2. The van der Waals surface area contributed by atoms with E-state index in [1.54, 1.807) is 54.6 Å². The molecule has 1 amide bonds. The van der Waals surface area contributed by atoms with E-state index < -0.39 is 9.84 Å². The zero-order chi connectivity index (χ0) is 20.0. The molecule has 0 aliphatic rings. The minimum atomic E-state index is -3.38. The highest BCUT2D eigenvalue weighted by molar-refractivity contribution is 7.91. The molecule has 0 saturated carbocycles. The molecule has 1 N–H and O–H groups in total. The average molecular weight is 412 g/mol. The monoisotopic (exact) mass is 411 g/mol. The van der Waals surface area contributed by atoms with E-state index in [9.17, 15) is 13.2 Å². The molecule has 8 heteroatoms. The molecule has 0 unspecified atom stereocenters. The topological polar surface area (TPSA) is 99.9 Å². The Bertz CT molecular complexity index is 1100. The fraction of sp³-hybridized carbons (Fsp3) is 0.150. The minimum absolute atomic E-state index is 0.0845. The third-order valence-corrected chi connectivity index (χ3v) is 6.55. The number of amides is 1. The first-order valence-corrected chi connectivity index (χ1v) is 11.0. The standard InChI is InChI=1S/C20H17N3O3S2/c21-13-15-8-10-16(11-9-15)18-14-27-20(22-18)23-19(24)7-4-12-28(25,26)17-5-2-1-3-6-17/h1-3,5-6,8-11,14H,4,7,12H2,(H,22,23,24). The Kier molecular flexibility index (Phi) is 6.19. The predicted octanol–water partition coefficient (Wildman–Crippen LogP) is 3.87. The maximum Gasteiger partial charge on any atom is 0.226 e. The Morgan fingerprint density at radius 2 is 1.82 bits per heavy atom. The van der Waals surface area contributed by atoms with Crippen LogP contribution in [0.1, 0.15) is 18.4 Å². The number of nitriles is 1. The van der Waals surface area contributed by atoms with Gasteiger partial charge < -0.3 is 5.32 Å². The highest BCUT2D eigenvalue weighted by atomic mass is 32.2. The molecule has 1 aromatic heterocycles. The van der Waals surface area contributed by atoms with Gasteiger partial charge in [-0.25, -0.2) is 13.4 Å². The second-order valence-corrected chi connectivity index (χ2v) is 8.98. The molecular weight excluding hydrogens is 394 g/mol. The van der Waals surface area contributed by atoms with Crippen LogP contribution in [0.3, 0.4) is 0 Å². The van der Waals surface area contributed by atoms with E-state index in [1.807, 2.05) is 5.38 Å². The van der Waals surface area contributed by atoms with Crippen LogP contribution < -0.4 is 5.32 Å². The molecule has 2 aromatic carbocycles. The van der Waals surface area contributed by atoms with Gasteiger partial charge in [-0.3, -0.25) is 4.79 Å². The second kappa shape index (κ2) is 8.78. The average Bonchev–Trinajstić information content (AvgIpc) is 3.17. The Hall–Kier alpha value is -3.02. The van der Waals surface area contributed by atoms with Crippen LogP contribution in [0.4, 0.5) is 5.13 Å². The van der Waals surface area contributed by atoms with Gasteiger partial charge in [0, 0.05) is 17.4 Å². The number of anilines is 1.